The van der Waals surface area contributed by atoms with E-state index in [1.54, 1.807) is 0 Å². The molecule has 1 aromatic carbocycles. The standard InChI is InChI=1S/C13H19NO/c1-10-3-4-12(11(2)9-10)13(15)5-7-14-8-6-13/h3-4,9,14-15H,5-8H2,1-2H3. The minimum absolute atomic E-state index is 0.608. The highest BCUT2D eigenvalue weighted by Crippen LogP contribution is 2.32. The molecule has 0 bridgehead atoms. The van der Waals surface area contributed by atoms with E-state index in [4.69, 9.17) is 0 Å². The van der Waals surface area contributed by atoms with Gasteiger partial charge in [0.15, 0.2) is 0 Å². The van der Waals surface area contributed by atoms with E-state index in [2.05, 4.69) is 37.4 Å². The van der Waals surface area contributed by atoms with Gasteiger partial charge in [-0.15, -0.1) is 0 Å². The summed E-state index contributed by atoms with van der Waals surface area (Å²) < 4.78 is 0. The van der Waals surface area contributed by atoms with Crippen LogP contribution in [0.5, 0.6) is 0 Å². The highest BCUT2D eigenvalue weighted by molar-refractivity contribution is 5.35. The summed E-state index contributed by atoms with van der Waals surface area (Å²) in [6.45, 7) is 5.99. The Morgan fingerprint density at radius 2 is 1.87 bits per heavy atom. The Labute approximate surface area is 91.3 Å². The molecule has 0 spiro atoms. The van der Waals surface area contributed by atoms with Gasteiger partial charge >= 0.3 is 0 Å². The Morgan fingerprint density at radius 3 is 2.47 bits per heavy atom. The molecule has 1 aliphatic heterocycles. The molecule has 0 aromatic heterocycles. The second kappa shape index (κ2) is 3.95. The lowest BCUT2D eigenvalue weighted by atomic mass is 9.82. The zero-order chi connectivity index (χ0) is 10.9. The third-order valence-electron chi connectivity index (χ3n) is 3.31. The van der Waals surface area contributed by atoms with Crippen molar-refractivity contribution in [3.8, 4) is 0 Å². The number of aliphatic hydroxyl groups is 1. The molecule has 0 aliphatic carbocycles. The van der Waals surface area contributed by atoms with Crippen LogP contribution in [-0.4, -0.2) is 18.2 Å². The van der Waals surface area contributed by atoms with Crippen molar-refractivity contribution < 1.29 is 5.11 Å². The minimum Gasteiger partial charge on any atom is -0.385 e. The van der Waals surface area contributed by atoms with Crippen molar-refractivity contribution in [2.24, 2.45) is 0 Å². The topological polar surface area (TPSA) is 32.3 Å². The van der Waals surface area contributed by atoms with Gasteiger partial charge in [-0.1, -0.05) is 23.8 Å². The Bertz CT molecular complexity index is 354. The molecule has 1 aliphatic rings. The molecule has 1 aromatic rings. The van der Waals surface area contributed by atoms with Crippen LogP contribution in [0.3, 0.4) is 0 Å². The lowest BCUT2D eigenvalue weighted by Crippen LogP contribution is -2.40. The maximum atomic E-state index is 10.6. The van der Waals surface area contributed by atoms with E-state index in [1.807, 2.05) is 0 Å². The average Bonchev–Trinajstić information content (AvgIpc) is 2.18. The van der Waals surface area contributed by atoms with Gasteiger partial charge in [0, 0.05) is 0 Å². The third-order valence-corrected chi connectivity index (χ3v) is 3.31. The smallest absolute Gasteiger partial charge is 0.0923 e. The second-order valence-corrected chi connectivity index (χ2v) is 4.60. The van der Waals surface area contributed by atoms with Gasteiger partial charge in [-0.2, -0.15) is 0 Å². The van der Waals surface area contributed by atoms with Crippen molar-refractivity contribution in [2.75, 3.05) is 13.1 Å². The predicted octanol–water partition coefficient (Wildman–Crippen LogP) is 1.87. The first kappa shape index (κ1) is 10.7. The fraction of sp³-hybridized carbons (Fsp3) is 0.538. The van der Waals surface area contributed by atoms with Gasteiger partial charge in [-0.05, 0) is 50.9 Å². The molecule has 1 fully saturated rings. The normalized spacial score (nSPS) is 20.2. The van der Waals surface area contributed by atoms with Gasteiger partial charge in [-0.25, -0.2) is 0 Å². The Hall–Kier alpha value is -0.860. The second-order valence-electron chi connectivity index (χ2n) is 4.60. The lowest BCUT2D eigenvalue weighted by molar-refractivity contribution is 0.00538. The number of hydrogen-bond acceptors (Lipinski definition) is 2. The quantitative estimate of drug-likeness (QED) is 0.733. The monoisotopic (exact) mass is 205 g/mol. The summed E-state index contributed by atoms with van der Waals surface area (Å²) in [5, 5.41) is 13.9. The van der Waals surface area contributed by atoms with Crippen LogP contribution in [0.25, 0.3) is 0 Å². The molecular weight excluding hydrogens is 186 g/mol. The van der Waals surface area contributed by atoms with E-state index in [-0.39, 0.29) is 0 Å². The zero-order valence-electron chi connectivity index (χ0n) is 9.51. The third kappa shape index (κ3) is 2.06. The van der Waals surface area contributed by atoms with Gasteiger partial charge in [0.05, 0.1) is 5.60 Å². The van der Waals surface area contributed by atoms with Crippen LogP contribution in [0.15, 0.2) is 18.2 Å². The van der Waals surface area contributed by atoms with Crippen molar-refractivity contribution in [3.05, 3.63) is 34.9 Å². The maximum absolute atomic E-state index is 10.6. The van der Waals surface area contributed by atoms with Crippen LogP contribution in [0, 0.1) is 13.8 Å². The molecule has 0 radical (unpaired) electrons. The van der Waals surface area contributed by atoms with Crippen molar-refractivity contribution in [2.45, 2.75) is 32.3 Å². The molecular formula is C13H19NO. The molecule has 15 heavy (non-hydrogen) atoms. The van der Waals surface area contributed by atoms with Crippen LogP contribution >= 0.6 is 0 Å². The first-order chi connectivity index (χ1) is 7.12. The minimum atomic E-state index is -0.608. The molecule has 0 saturated carbocycles. The summed E-state index contributed by atoms with van der Waals surface area (Å²) in [5.74, 6) is 0. The number of aryl methyl sites for hydroxylation is 2. The highest BCUT2D eigenvalue weighted by Gasteiger charge is 2.32. The van der Waals surface area contributed by atoms with Crippen LogP contribution in [0.4, 0.5) is 0 Å². The Kier molecular flexibility index (Phi) is 2.81. The average molecular weight is 205 g/mol. The first-order valence-corrected chi connectivity index (χ1v) is 5.63. The number of piperidine rings is 1. The van der Waals surface area contributed by atoms with Crippen LogP contribution in [0.1, 0.15) is 29.5 Å². The predicted molar refractivity (Wildman–Crippen MR) is 61.9 cm³/mol. The van der Waals surface area contributed by atoms with E-state index in [9.17, 15) is 5.11 Å². The molecule has 2 nitrogen and oxygen atoms in total. The van der Waals surface area contributed by atoms with Gasteiger partial charge in [-0.3, -0.25) is 0 Å². The van der Waals surface area contributed by atoms with E-state index in [1.165, 1.54) is 11.1 Å². The van der Waals surface area contributed by atoms with Gasteiger partial charge in [0.1, 0.15) is 0 Å². The maximum Gasteiger partial charge on any atom is 0.0923 e. The lowest BCUT2D eigenvalue weighted by Gasteiger charge is -2.34. The van der Waals surface area contributed by atoms with Crippen molar-refractivity contribution >= 4 is 0 Å². The highest BCUT2D eigenvalue weighted by atomic mass is 16.3. The summed E-state index contributed by atoms with van der Waals surface area (Å²) in [5.41, 5.74) is 2.96. The fourth-order valence-corrected chi connectivity index (χ4v) is 2.45. The van der Waals surface area contributed by atoms with Gasteiger partial charge in [0.2, 0.25) is 0 Å². The van der Waals surface area contributed by atoms with E-state index in [0.29, 0.717) is 0 Å². The largest absolute Gasteiger partial charge is 0.385 e. The molecule has 0 amide bonds. The number of rotatable bonds is 1. The van der Waals surface area contributed by atoms with Gasteiger partial charge < -0.3 is 10.4 Å². The summed E-state index contributed by atoms with van der Waals surface area (Å²) in [4.78, 5) is 0. The molecule has 82 valence electrons. The van der Waals surface area contributed by atoms with Crippen molar-refractivity contribution in [1.82, 2.24) is 5.32 Å². The van der Waals surface area contributed by atoms with E-state index >= 15 is 0 Å². The van der Waals surface area contributed by atoms with Crippen LogP contribution in [0.2, 0.25) is 0 Å². The summed E-state index contributed by atoms with van der Waals surface area (Å²) in [6.07, 6.45) is 1.63. The van der Waals surface area contributed by atoms with Crippen molar-refractivity contribution in [1.29, 1.82) is 0 Å². The van der Waals surface area contributed by atoms with E-state index < -0.39 is 5.60 Å². The Morgan fingerprint density at radius 1 is 1.20 bits per heavy atom. The number of hydrogen-bond donors (Lipinski definition) is 2. The molecule has 0 unspecified atom stereocenters. The summed E-state index contributed by atoms with van der Waals surface area (Å²) in [6, 6.07) is 6.31. The van der Waals surface area contributed by atoms with Crippen LogP contribution in [-0.2, 0) is 5.60 Å². The van der Waals surface area contributed by atoms with E-state index in [0.717, 1.165) is 31.5 Å². The van der Waals surface area contributed by atoms with Gasteiger partial charge in [0.25, 0.3) is 0 Å². The Balaban J connectivity index is 2.35. The first-order valence-electron chi connectivity index (χ1n) is 5.63. The summed E-state index contributed by atoms with van der Waals surface area (Å²) >= 11 is 0. The number of benzene rings is 1. The molecule has 2 rings (SSSR count). The SMILES string of the molecule is Cc1ccc(C2(O)CCNCC2)c(C)c1. The molecule has 2 N–H and O–H groups in total. The molecule has 1 saturated heterocycles. The molecule has 2 heteroatoms. The molecule has 1 heterocycles. The zero-order valence-corrected chi connectivity index (χ0v) is 9.51. The fourth-order valence-electron chi connectivity index (χ4n) is 2.45. The van der Waals surface area contributed by atoms with Crippen molar-refractivity contribution in [3.63, 3.8) is 0 Å². The number of nitrogens with one attached hydrogen (secondary N) is 1. The molecule has 0 atom stereocenters. The van der Waals surface area contributed by atoms with Crippen LogP contribution < -0.4 is 5.32 Å². The summed E-state index contributed by atoms with van der Waals surface area (Å²) in [7, 11) is 0.